The van der Waals surface area contributed by atoms with Gasteiger partial charge in [0, 0.05) is 38.6 Å². The molecule has 0 aromatic carbocycles. The Morgan fingerprint density at radius 3 is 2.60 bits per heavy atom. The van der Waals surface area contributed by atoms with E-state index in [0.29, 0.717) is 32.1 Å². The number of esters is 1. The van der Waals surface area contributed by atoms with Gasteiger partial charge >= 0.3 is 5.97 Å². The maximum atomic E-state index is 12.1. The number of hydrogen-bond acceptors (Lipinski definition) is 5. The molecular weight excluding hydrogens is 258 g/mol. The van der Waals surface area contributed by atoms with Crippen molar-refractivity contribution in [1.29, 1.82) is 0 Å². The number of piperazine rings is 1. The molecule has 1 N–H and O–H groups in total. The highest BCUT2D eigenvalue weighted by atomic mass is 16.5. The summed E-state index contributed by atoms with van der Waals surface area (Å²) in [5.41, 5.74) is 0. The Kier molecular flexibility index (Phi) is 5.79. The zero-order valence-electron chi connectivity index (χ0n) is 12.3. The van der Waals surface area contributed by atoms with Crippen molar-refractivity contribution >= 4 is 11.9 Å². The van der Waals surface area contributed by atoms with Gasteiger partial charge in [0.2, 0.25) is 5.91 Å². The van der Waals surface area contributed by atoms with Crippen molar-refractivity contribution < 1.29 is 14.3 Å². The van der Waals surface area contributed by atoms with Gasteiger partial charge in [-0.2, -0.15) is 0 Å². The monoisotopic (exact) mass is 283 g/mol. The van der Waals surface area contributed by atoms with Gasteiger partial charge in [-0.05, 0) is 25.8 Å². The van der Waals surface area contributed by atoms with E-state index in [1.165, 1.54) is 20.0 Å². The second-order valence-corrected chi connectivity index (χ2v) is 5.57. The average Bonchev–Trinajstić information content (AvgIpc) is 2.98. The van der Waals surface area contributed by atoms with Gasteiger partial charge in [0.15, 0.2) is 0 Å². The zero-order chi connectivity index (χ0) is 14.4. The Morgan fingerprint density at radius 1 is 1.25 bits per heavy atom. The summed E-state index contributed by atoms with van der Waals surface area (Å²) >= 11 is 0. The summed E-state index contributed by atoms with van der Waals surface area (Å²) in [5, 5.41) is 3.42. The molecule has 0 spiro atoms. The van der Waals surface area contributed by atoms with Gasteiger partial charge in [-0.15, -0.1) is 0 Å². The van der Waals surface area contributed by atoms with E-state index in [1.807, 2.05) is 9.80 Å². The molecule has 6 heteroatoms. The van der Waals surface area contributed by atoms with E-state index < -0.39 is 0 Å². The smallest absolute Gasteiger partial charge is 0.319 e. The van der Waals surface area contributed by atoms with Crippen LogP contribution in [0.15, 0.2) is 0 Å². The van der Waals surface area contributed by atoms with Crippen LogP contribution in [-0.4, -0.2) is 74.1 Å². The summed E-state index contributed by atoms with van der Waals surface area (Å²) in [6.45, 7) is 4.35. The fourth-order valence-electron chi connectivity index (χ4n) is 2.86. The maximum absolute atomic E-state index is 12.1. The number of nitrogens with zero attached hydrogens (tertiary/aromatic N) is 2. The van der Waals surface area contributed by atoms with Gasteiger partial charge in [0.05, 0.1) is 13.7 Å². The summed E-state index contributed by atoms with van der Waals surface area (Å²) in [7, 11) is 1.40. The molecule has 114 valence electrons. The number of hydrogen-bond donors (Lipinski definition) is 1. The van der Waals surface area contributed by atoms with Gasteiger partial charge in [0.1, 0.15) is 0 Å². The van der Waals surface area contributed by atoms with E-state index in [0.717, 1.165) is 26.1 Å². The van der Waals surface area contributed by atoms with Gasteiger partial charge in [0.25, 0.3) is 0 Å². The molecule has 2 aliphatic rings. The third-order valence-electron chi connectivity index (χ3n) is 4.17. The molecule has 2 aliphatic heterocycles. The van der Waals surface area contributed by atoms with Crippen LogP contribution in [0.4, 0.5) is 0 Å². The highest BCUT2D eigenvalue weighted by Gasteiger charge is 2.23. The van der Waals surface area contributed by atoms with Crippen molar-refractivity contribution in [3.05, 3.63) is 0 Å². The number of ether oxygens (including phenoxy) is 1. The van der Waals surface area contributed by atoms with Crippen LogP contribution in [0.25, 0.3) is 0 Å². The molecule has 1 amide bonds. The minimum Gasteiger partial charge on any atom is -0.468 e. The third kappa shape index (κ3) is 4.45. The predicted octanol–water partition coefficient (Wildman–Crippen LogP) is -0.164. The first kappa shape index (κ1) is 15.3. The van der Waals surface area contributed by atoms with Gasteiger partial charge in [-0.3, -0.25) is 14.5 Å². The molecule has 0 saturated carbocycles. The second-order valence-electron chi connectivity index (χ2n) is 5.57. The lowest BCUT2D eigenvalue weighted by molar-refractivity contribution is -0.142. The molecule has 1 atom stereocenters. The van der Waals surface area contributed by atoms with Crippen LogP contribution in [-0.2, 0) is 14.3 Å². The highest BCUT2D eigenvalue weighted by Crippen LogP contribution is 2.12. The van der Waals surface area contributed by atoms with E-state index in [4.69, 9.17) is 0 Å². The van der Waals surface area contributed by atoms with Crippen molar-refractivity contribution in [2.75, 3.05) is 46.4 Å². The Balaban J connectivity index is 1.64. The van der Waals surface area contributed by atoms with Crippen molar-refractivity contribution in [2.45, 2.75) is 31.7 Å². The summed E-state index contributed by atoms with van der Waals surface area (Å²) in [6.07, 6.45) is 4.00. The quantitative estimate of drug-likeness (QED) is 0.710. The van der Waals surface area contributed by atoms with Gasteiger partial charge in [-0.25, -0.2) is 0 Å². The van der Waals surface area contributed by atoms with Crippen LogP contribution in [0.5, 0.6) is 0 Å². The number of rotatable bonds is 5. The van der Waals surface area contributed by atoms with E-state index >= 15 is 0 Å². The normalized spacial score (nSPS) is 23.9. The van der Waals surface area contributed by atoms with E-state index in [-0.39, 0.29) is 11.9 Å². The lowest BCUT2D eigenvalue weighted by Gasteiger charge is -2.34. The standard InChI is InChI=1S/C14H25N3O3/c1-20-14(19)11-16-7-9-17(10-8-16)13(18)5-4-12-3-2-6-15-12/h12,15H,2-11H2,1H3. The summed E-state index contributed by atoms with van der Waals surface area (Å²) in [5.74, 6) is 0.0357. The van der Waals surface area contributed by atoms with Crippen LogP contribution in [0.2, 0.25) is 0 Å². The number of carbonyl (C=O) groups excluding carboxylic acids is 2. The number of methoxy groups -OCH3 is 1. The second kappa shape index (κ2) is 7.59. The topological polar surface area (TPSA) is 61.9 Å². The summed E-state index contributed by atoms with van der Waals surface area (Å²) in [4.78, 5) is 27.3. The van der Waals surface area contributed by atoms with Crippen molar-refractivity contribution in [1.82, 2.24) is 15.1 Å². The van der Waals surface area contributed by atoms with Crippen molar-refractivity contribution in [3.63, 3.8) is 0 Å². The van der Waals surface area contributed by atoms with Crippen LogP contribution in [0, 0.1) is 0 Å². The first-order valence-corrected chi connectivity index (χ1v) is 7.49. The Labute approximate surface area is 120 Å². The van der Waals surface area contributed by atoms with Crippen LogP contribution >= 0.6 is 0 Å². The molecule has 1 unspecified atom stereocenters. The minimum absolute atomic E-state index is 0.211. The number of nitrogens with one attached hydrogen (secondary N) is 1. The molecule has 0 aromatic rings. The number of carbonyl (C=O) groups is 2. The Hall–Kier alpha value is -1.14. The van der Waals surface area contributed by atoms with Crippen LogP contribution in [0.1, 0.15) is 25.7 Å². The van der Waals surface area contributed by atoms with Crippen molar-refractivity contribution in [2.24, 2.45) is 0 Å². The molecule has 2 fully saturated rings. The molecule has 2 rings (SSSR count). The van der Waals surface area contributed by atoms with Crippen LogP contribution < -0.4 is 5.32 Å². The molecule has 0 aliphatic carbocycles. The summed E-state index contributed by atoms with van der Waals surface area (Å²) < 4.78 is 4.65. The van der Waals surface area contributed by atoms with Gasteiger partial charge in [-0.1, -0.05) is 0 Å². The minimum atomic E-state index is -0.211. The lowest BCUT2D eigenvalue weighted by atomic mass is 10.1. The maximum Gasteiger partial charge on any atom is 0.319 e. The van der Waals surface area contributed by atoms with E-state index in [2.05, 4.69) is 10.1 Å². The fourth-order valence-corrected chi connectivity index (χ4v) is 2.86. The molecule has 20 heavy (non-hydrogen) atoms. The average molecular weight is 283 g/mol. The Morgan fingerprint density at radius 2 is 2.00 bits per heavy atom. The van der Waals surface area contributed by atoms with Crippen LogP contribution in [0.3, 0.4) is 0 Å². The molecular formula is C14H25N3O3. The van der Waals surface area contributed by atoms with E-state index in [9.17, 15) is 9.59 Å². The third-order valence-corrected chi connectivity index (χ3v) is 4.17. The largest absolute Gasteiger partial charge is 0.468 e. The molecule has 6 nitrogen and oxygen atoms in total. The van der Waals surface area contributed by atoms with E-state index in [1.54, 1.807) is 0 Å². The van der Waals surface area contributed by atoms with Crippen molar-refractivity contribution in [3.8, 4) is 0 Å². The molecule has 2 saturated heterocycles. The number of amides is 1. The van der Waals surface area contributed by atoms with Gasteiger partial charge < -0.3 is 15.0 Å². The predicted molar refractivity (Wildman–Crippen MR) is 75.3 cm³/mol. The Bertz CT molecular complexity index is 335. The first-order valence-electron chi connectivity index (χ1n) is 7.49. The summed E-state index contributed by atoms with van der Waals surface area (Å²) in [6, 6.07) is 0.527. The molecule has 0 radical (unpaired) electrons. The molecule has 0 aromatic heterocycles. The molecule has 2 heterocycles. The highest BCUT2D eigenvalue weighted by molar-refractivity contribution is 5.76. The zero-order valence-corrected chi connectivity index (χ0v) is 12.3. The fraction of sp³-hybridized carbons (Fsp3) is 0.857. The molecule has 0 bridgehead atoms. The lowest BCUT2D eigenvalue weighted by Crippen LogP contribution is -2.50. The first-order chi connectivity index (χ1) is 9.69. The SMILES string of the molecule is COC(=O)CN1CCN(C(=O)CCC2CCCN2)CC1.